The Morgan fingerprint density at radius 2 is 0.500 bits per heavy atom. The topological polar surface area (TPSA) is 52.6 Å². The molecule has 0 aliphatic carbocycles. The average Bonchev–Trinajstić information content (AvgIpc) is 3.18. The van der Waals surface area contributed by atoms with Gasteiger partial charge in [-0.15, -0.1) is 0 Å². The summed E-state index contributed by atoms with van der Waals surface area (Å²) < 4.78 is 11.6. The maximum atomic E-state index is 15.0. The van der Waals surface area contributed by atoms with Gasteiger partial charge in [-0.25, -0.2) is 9.59 Å². The van der Waals surface area contributed by atoms with Crippen molar-refractivity contribution in [2.45, 2.75) is 0 Å². The number of hydrogen-bond acceptors (Lipinski definition) is 4. The summed E-state index contributed by atoms with van der Waals surface area (Å²) in [6, 6.07) is 60.2. The van der Waals surface area contributed by atoms with Crippen LogP contribution >= 0.6 is 13.8 Å². The lowest BCUT2D eigenvalue weighted by atomic mass is 10.3. The molecule has 6 aromatic carbocycles. The van der Waals surface area contributed by atoms with Gasteiger partial charge in [0, 0.05) is 0 Å². The van der Waals surface area contributed by atoms with Crippen LogP contribution in [0.5, 0.6) is 0 Å². The Kier molecular flexibility index (Phi) is 10.1. The molecule has 238 valence electrons. The molecule has 0 bridgehead atoms. The number of benzene rings is 6. The zero-order valence-corrected chi connectivity index (χ0v) is 28.6. The third-order valence-electron chi connectivity index (χ3n) is 8.51. The Morgan fingerprint density at radius 3 is 0.646 bits per heavy atom. The molecule has 6 rings (SSSR count). The first kappa shape index (κ1) is 32.8. The molecule has 4 nitrogen and oxygen atoms in total. The van der Waals surface area contributed by atoms with Crippen molar-refractivity contribution in [2.24, 2.45) is 0 Å². The molecular weight excluding hydrogens is 630 g/mol. The van der Waals surface area contributed by atoms with Crippen LogP contribution in [0.3, 0.4) is 0 Å². The van der Waals surface area contributed by atoms with Gasteiger partial charge in [-0.3, -0.25) is 0 Å². The summed E-state index contributed by atoms with van der Waals surface area (Å²) in [6.45, 7) is -6.37. The summed E-state index contributed by atoms with van der Waals surface area (Å²) >= 11 is 0. The fraction of sp³-hybridized carbons (Fsp3) is 0.0476. The molecular formula is C42H36O4P2. The van der Waals surface area contributed by atoms with Crippen LogP contribution in [0.1, 0.15) is 0 Å². The first-order valence-corrected chi connectivity index (χ1v) is 19.2. The van der Waals surface area contributed by atoms with Crippen LogP contribution in [-0.4, -0.2) is 36.7 Å². The van der Waals surface area contributed by atoms with Gasteiger partial charge < -0.3 is 9.47 Å². The molecule has 6 heteroatoms. The molecule has 48 heavy (non-hydrogen) atoms. The highest BCUT2D eigenvalue weighted by Crippen LogP contribution is 2.53. The predicted molar refractivity (Wildman–Crippen MR) is 204 cm³/mol. The van der Waals surface area contributed by atoms with Gasteiger partial charge in [-0.05, 0) is 45.6 Å². The summed E-state index contributed by atoms with van der Waals surface area (Å²) in [5, 5.41) is 6.10. The van der Waals surface area contributed by atoms with Gasteiger partial charge in [0.25, 0.3) is 0 Å². The zero-order chi connectivity index (χ0) is 33.4. The van der Waals surface area contributed by atoms with Crippen molar-refractivity contribution in [2.75, 3.05) is 14.2 Å². The summed E-state index contributed by atoms with van der Waals surface area (Å²) in [5.74, 6) is -1.15. The number of rotatable bonds is 9. The fourth-order valence-electron chi connectivity index (χ4n) is 6.56. The maximum absolute atomic E-state index is 15.0. The molecule has 0 N–H and O–H groups in total. The van der Waals surface area contributed by atoms with E-state index in [2.05, 4.69) is 72.8 Å². The average molecular weight is 667 g/mol. The minimum Gasteiger partial charge on any atom is -0.465 e. The van der Waals surface area contributed by atoms with E-state index in [0.717, 1.165) is 31.8 Å². The van der Waals surface area contributed by atoms with Crippen molar-refractivity contribution in [3.05, 3.63) is 182 Å². The molecule has 6 aromatic rings. The van der Waals surface area contributed by atoms with E-state index in [1.54, 1.807) is 0 Å². The van der Waals surface area contributed by atoms with Gasteiger partial charge in [-0.1, -0.05) is 182 Å². The minimum absolute atomic E-state index is 0.311. The van der Waals surface area contributed by atoms with Gasteiger partial charge in [-0.2, -0.15) is 0 Å². The first-order chi connectivity index (χ1) is 23.6. The molecule has 0 spiro atoms. The number of ether oxygens (including phenoxy) is 2. The third kappa shape index (κ3) is 5.69. The van der Waals surface area contributed by atoms with E-state index < -0.39 is 25.7 Å². The third-order valence-corrected chi connectivity index (χ3v) is 17.3. The number of esters is 2. The van der Waals surface area contributed by atoms with Gasteiger partial charge in [0.1, 0.15) is 0 Å². The van der Waals surface area contributed by atoms with Crippen molar-refractivity contribution >= 4 is 68.1 Å². The Morgan fingerprint density at radius 1 is 0.333 bits per heavy atom. The SMILES string of the molecule is COC(=O)C(C(C(=O)OC)=P(c1ccccc1)(c1ccccc1)c1ccccc1)=P(c1ccccc1)(c1ccccc1)c1ccccc1. The van der Waals surface area contributed by atoms with Crippen molar-refractivity contribution in [1.82, 2.24) is 0 Å². The Labute approximate surface area is 282 Å². The van der Waals surface area contributed by atoms with Crippen LogP contribution in [0.4, 0.5) is 0 Å². The Bertz CT molecular complexity index is 1750. The fourth-order valence-corrected chi connectivity index (χ4v) is 16.1. The van der Waals surface area contributed by atoms with E-state index in [1.165, 1.54) is 14.2 Å². The number of methoxy groups -OCH3 is 2. The molecule has 0 atom stereocenters. The van der Waals surface area contributed by atoms with Gasteiger partial charge in [0.2, 0.25) is 0 Å². The highest BCUT2D eigenvalue weighted by molar-refractivity contribution is 8.04. The quantitative estimate of drug-likeness (QED) is 0.148. The zero-order valence-electron chi connectivity index (χ0n) is 26.8. The van der Waals surface area contributed by atoms with E-state index in [9.17, 15) is 0 Å². The Balaban J connectivity index is 2.10. The molecule has 0 heterocycles. The highest BCUT2D eigenvalue weighted by Gasteiger charge is 2.44. The predicted octanol–water partition coefficient (Wildman–Crippen LogP) is 5.67. The molecule has 0 amide bonds. The van der Waals surface area contributed by atoms with Crippen molar-refractivity contribution < 1.29 is 19.1 Å². The van der Waals surface area contributed by atoms with E-state index in [4.69, 9.17) is 9.47 Å². The molecule has 0 saturated heterocycles. The summed E-state index contributed by atoms with van der Waals surface area (Å²) in [4.78, 5) is 30.1. The van der Waals surface area contributed by atoms with E-state index in [-0.39, 0.29) is 0 Å². The lowest BCUT2D eigenvalue weighted by molar-refractivity contribution is -0.134. The highest BCUT2D eigenvalue weighted by atomic mass is 31.2. The van der Waals surface area contributed by atoms with Crippen LogP contribution in [0, 0.1) is 0 Å². The summed E-state index contributed by atoms with van der Waals surface area (Å²) in [6.07, 6.45) is 0. The maximum Gasteiger partial charge on any atom is 0.339 e. The molecule has 0 saturated carbocycles. The number of carbonyl (C=O) groups excluding carboxylic acids is 2. The van der Waals surface area contributed by atoms with Crippen LogP contribution in [0.2, 0.25) is 0 Å². The smallest absolute Gasteiger partial charge is 0.339 e. The van der Waals surface area contributed by atoms with Crippen molar-refractivity contribution in [1.29, 1.82) is 0 Å². The van der Waals surface area contributed by atoms with E-state index in [0.29, 0.717) is 10.6 Å². The second-order valence-corrected chi connectivity index (χ2v) is 17.7. The van der Waals surface area contributed by atoms with Gasteiger partial charge >= 0.3 is 11.9 Å². The summed E-state index contributed by atoms with van der Waals surface area (Å²) in [7, 11) is 2.78. The van der Waals surface area contributed by atoms with Crippen LogP contribution in [0.25, 0.3) is 0 Å². The molecule has 0 radical (unpaired) electrons. The van der Waals surface area contributed by atoms with Crippen LogP contribution < -0.4 is 31.8 Å². The second-order valence-electron chi connectivity index (χ2n) is 11.0. The molecule has 0 aliphatic heterocycles. The first-order valence-electron chi connectivity index (χ1n) is 15.6. The van der Waals surface area contributed by atoms with Gasteiger partial charge in [0.05, 0.1) is 24.8 Å². The standard InChI is InChI=1S/C42H36O4P2/c1-45-41(43)39(47(33-21-9-3-10-22-33,34-23-11-4-12-24-34)35-25-13-5-14-26-35)40(42(44)46-2)48(36-27-15-6-16-28-36,37-29-17-7-18-30-37)38-31-19-8-20-32-38/h3-32H,1-2H3. The van der Waals surface area contributed by atoms with Crippen LogP contribution in [-0.2, 0) is 19.1 Å². The van der Waals surface area contributed by atoms with Crippen molar-refractivity contribution in [3.63, 3.8) is 0 Å². The summed E-state index contributed by atoms with van der Waals surface area (Å²) in [5.41, 5.74) is 0. The second kappa shape index (κ2) is 14.7. The molecule has 0 aromatic heterocycles. The van der Waals surface area contributed by atoms with Crippen LogP contribution in [0.15, 0.2) is 182 Å². The lowest BCUT2D eigenvalue weighted by Crippen LogP contribution is -2.45. The normalized spacial score (nSPS) is 11.3. The minimum atomic E-state index is -3.19. The number of carbonyl (C=O) groups is 2. The largest absolute Gasteiger partial charge is 0.465 e. The van der Waals surface area contributed by atoms with E-state index in [1.807, 2.05) is 109 Å². The molecule has 0 unspecified atom stereocenters. The molecule has 0 aliphatic rings. The molecule has 0 fully saturated rings. The van der Waals surface area contributed by atoms with Gasteiger partial charge in [0.15, 0.2) is 0 Å². The Hall–Kier alpha value is -5.14. The monoisotopic (exact) mass is 666 g/mol. The van der Waals surface area contributed by atoms with Crippen molar-refractivity contribution in [3.8, 4) is 0 Å². The lowest BCUT2D eigenvalue weighted by Gasteiger charge is -2.37. The number of hydrogen-bond donors (Lipinski definition) is 0. The van der Waals surface area contributed by atoms with E-state index >= 15 is 9.59 Å².